The SMILES string of the molecule is CNC(=O)[C@@H](C)N(Cc1cccc(C)c1)C(=O)CN(c1cc(Cl)ccc1OC)S(=O)(=O)c1ccc(C)cc1. The van der Waals surface area contributed by atoms with Crippen molar-refractivity contribution in [3.05, 3.63) is 88.4 Å². The molecule has 3 rings (SSSR count). The normalized spacial score (nSPS) is 11.9. The van der Waals surface area contributed by atoms with Crippen LogP contribution in [-0.4, -0.2) is 51.9 Å². The van der Waals surface area contributed by atoms with E-state index in [1.54, 1.807) is 25.1 Å². The first-order chi connectivity index (χ1) is 18.0. The number of carbonyl (C=O) groups is 2. The van der Waals surface area contributed by atoms with Gasteiger partial charge >= 0.3 is 0 Å². The molecule has 0 aromatic heterocycles. The van der Waals surface area contributed by atoms with Crippen LogP contribution >= 0.6 is 11.6 Å². The minimum atomic E-state index is -4.23. The number of benzene rings is 3. The van der Waals surface area contributed by atoms with Gasteiger partial charge in [-0.15, -0.1) is 0 Å². The number of rotatable bonds is 10. The number of methoxy groups -OCH3 is 1. The molecular weight excluding hydrogens is 526 g/mol. The summed E-state index contributed by atoms with van der Waals surface area (Å²) in [5.41, 5.74) is 2.80. The second kappa shape index (κ2) is 12.3. The number of anilines is 1. The van der Waals surface area contributed by atoms with Gasteiger partial charge in [-0.1, -0.05) is 59.1 Å². The van der Waals surface area contributed by atoms with Gasteiger partial charge in [0.15, 0.2) is 0 Å². The summed E-state index contributed by atoms with van der Waals surface area (Å²) in [6.07, 6.45) is 0. The van der Waals surface area contributed by atoms with E-state index in [0.29, 0.717) is 0 Å². The van der Waals surface area contributed by atoms with Gasteiger partial charge in [-0.05, 0) is 56.7 Å². The summed E-state index contributed by atoms with van der Waals surface area (Å²) in [6, 6.07) is 17.6. The Morgan fingerprint density at radius 1 is 1.00 bits per heavy atom. The van der Waals surface area contributed by atoms with Crippen molar-refractivity contribution < 1.29 is 22.7 Å². The first-order valence-corrected chi connectivity index (χ1v) is 13.8. The van der Waals surface area contributed by atoms with E-state index in [2.05, 4.69) is 5.32 Å². The van der Waals surface area contributed by atoms with Crippen molar-refractivity contribution in [1.29, 1.82) is 0 Å². The maximum Gasteiger partial charge on any atom is 0.264 e. The molecular formula is C28H32ClN3O5S. The van der Waals surface area contributed by atoms with Gasteiger partial charge < -0.3 is 15.0 Å². The van der Waals surface area contributed by atoms with Crippen LogP contribution in [0.1, 0.15) is 23.6 Å². The molecule has 0 bridgehead atoms. The number of ether oxygens (including phenoxy) is 1. The van der Waals surface area contributed by atoms with Crippen molar-refractivity contribution in [2.45, 2.75) is 38.3 Å². The van der Waals surface area contributed by atoms with Crippen molar-refractivity contribution in [3.8, 4) is 5.75 Å². The highest BCUT2D eigenvalue weighted by atomic mass is 35.5. The average molecular weight is 558 g/mol. The molecule has 0 aliphatic heterocycles. The highest BCUT2D eigenvalue weighted by Gasteiger charge is 2.33. The van der Waals surface area contributed by atoms with Gasteiger partial charge in [-0.25, -0.2) is 8.42 Å². The molecule has 0 fully saturated rings. The summed E-state index contributed by atoms with van der Waals surface area (Å²) in [5, 5.41) is 2.84. The molecule has 10 heteroatoms. The maximum absolute atomic E-state index is 13.9. The fraction of sp³-hybridized carbons (Fsp3) is 0.286. The largest absolute Gasteiger partial charge is 0.495 e. The number of carbonyl (C=O) groups excluding carboxylic acids is 2. The first kappa shape index (κ1) is 29.0. The Morgan fingerprint density at radius 2 is 1.68 bits per heavy atom. The molecule has 2 amide bonds. The summed E-state index contributed by atoms with van der Waals surface area (Å²) < 4.78 is 34.3. The molecule has 0 aliphatic carbocycles. The van der Waals surface area contributed by atoms with Gasteiger partial charge in [0.25, 0.3) is 10.0 Å². The number of nitrogens with zero attached hydrogens (tertiary/aromatic N) is 2. The Kier molecular flexibility index (Phi) is 9.40. The van der Waals surface area contributed by atoms with Crippen LogP contribution in [0, 0.1) is 13.8 Å². The lowest BCUT2D eigenvalue weighted by molar-refractivity contribution is -0.139. The predicted octanol–water partition coefficient (Wildman–Crippen LogP) is 4.32. The Morgan fingerprint density at radius 3 is 2.29 bits per heavy atom. The minimum Gasteiger partial charge on any atom is -0.495 e. The number of nitrogens with one attached hydrogen (secondary N) is 1. The van der Waals surface area contributed by atoms with E-state index in [-0.39, 0.29) is 33.8 Å². The van der Waals surface area contributed by atoms with Gasteiger partial charge in [-0.3, -0.25) is 13.9 Å². The van der Waals surface area contributed by atoms with Gasteiger partial charge in [0.05, 0.1) is 17.7 Å². The van der Waals surface area contributed by atoms with Crippen molar-refractivity contribution >= 4 is 39.1 Å². The summed E-state index contributed by atoms with van der Waals surface area (Å²) in [6.45, 7) is 4.91. The van der Waals surface area contributed by atoms with Crippen LogP contribution in [0.15, 0.2) is 71.6 Å². The zero-order chi connectivity index (χ0) is 28.0. The van der Waals surface area contributed by atoms with Crippen LogP contribution in [0.25, 0.3) is 0 Å². The van der Waals surface area contributed by atoms with E-state index >= 15 is 0 Å². The smallest absolute Gasteiger partial charge is 0.264 e. The number of sulfonamides is 1. The molecule has 0 heterocycles. The number of halogens is 1. The van der Waals surface area contributed by atoms with E-state index in [1.165, 1.54) is 43.3 Å². The van der Waals surface area contributed by atoms with Crippen molar-refractivity contribution in [2.24, 2.45) is 0 Å². The minimum absolute atomic E-state index is 0.00233. The van der Waals surface area contributed by atoms with Crippen molar-refractivity contribution in [1.82, 2.24) is 10.2 Å². The Hall–Kier alpha value is -3.56. The Labute approximate surface area is 229 Å². The van der Waals surface area contributed by atoms with Crippen molar-refractivity contribution in [3.63, 3.8) is 0 Å². The van der Waals surface area contributed by atoms with Gasteiger partial charge in [0.2, 0.25) is 11.8 Å². The standard InChI is InChI=1S/C28H32ClN3O5S/c1-19-9-12-24(13-10-19)38(35,36)32(25-16-23(29)11-14-26(25)37-5)18-27(33)31(21(3)28(34)30-4)17-22-8-6-7-20(2)15-22/h6-16,21H,17-18H2,1-5H3,(H,30,34)/t21-/m1/s1. The Bertz CT molecular complexity index is 1410. The van der Waals surface area contributed by atoms with Gasteiger partial charge in [0.1, 0.15) is 18.3 Å². The molecule has 1 atom stereocenters. The van der Waals surface area contributed by atoms with Gasteiger partial charge in [0, 0.05) is 18.6 Å². The third-order valence-electron chi connectivity index (χ3n) is 6.15. The monoisotopic (exact) mass is 557 g/mol. The summed E-state index contributed by atoms with van der Waals surface area (Å²) in [7, 11) is -1.34. The van der Waals surface area contributed by atoms with Gasteiger partial charge in [-0.2, -0.15) is 0 Å². The molecule has 202 valence electrons. The summed E-state index contributed by atoms with van der Waals surface area (Å²) in [4.78, 5) is 27.8. The third-order valence-corrected chi connectivity index (χ3v) is 8.16. The zero-order valence-corrected chi connectivity index (χ0v) is 23.6. The fourth-order valence-corrected chi connectivity index (χ4v) is 5.59. The average Bonchev–Trinajstić information content (AvgIpc) is 2.89. The zero-order valence-electron chi connectivity index (χ0n) is 22.1. The molecule has 1 N–H and O–H groups in total. The molecule has 0 radical (unpaired) electrons. The van der Waals surface area contributed by atoms with E-state index < -0.39 is 28.5 Å². The second-order valence-corrected chi connectivity index (χ2v) is 11.2. The third kappa shape index (κ3) is 6.65. The molecule has 0 unspecified atom stereocenters. The molecule has 8 nitrogen and oxygen atoms in total. The highest BCUT2D eigenvalue weighted by molar-refractivity contribution is 7.92. The number of hydrogen-bond donors (Lipinski definition) is 1. The summed E-state index contributed by atoms with van der Waals surface area (Å²) in [5.74, 6) is -0.720. The van der Waals surface area contributed by atoms with Crippen LogP contribution in [0.4, 0.5) is 5.69 Å². The highest BCUT2D eigenvalue weighted by Crippen LogP contribution is 2.35. The second-order valence-electron chi connectivity index (χ2n) is 8.94. The Balaban J connectivity index is 2.11. The lowest BCUT2D eigenvalue weighted by Gasteiger charge is -2.32. The lowest BCUT2D eigenvalue weighted by atomic mass is 10.1. The number of amides is 2. The van der Waals surface area contributed by atoms with Crippen LogP contribution in [0.3, 0.4) is 0 Å². The van der Waals surface area contributed by atoms with Crippen LogP contribution in [-0.2, 0) is 26.2 Å². The lowest BCUT2D eigenvalue weighted by Crippen LogP contribution is -2.50. The predicted molar refractivity (Wildman–Crippen MR) is 149 cm³/mol. The van der Waals surface area contributed by atoms with Crippen LogP contribution < -0.4 is 14.4 Å². The van der Waals surface area contributed by atoms with E-state index in [4.69, 9.17) is 16.3 Å². The quantitative estimate of drug-likeness (QED) is 0.400. The van der Waals surface area contributed by atoms with E-state index in [1.807, 2.05) is 38.1 Å². The topological polar surface area (TPSA) is 96.0 Å². The first-order valence-electron chi connectivity index (χ1n) is 12.0. The maximum atomic E-state index is 13.9. The summed E-state index contributed by atoms with van der Waals surface area (Å²) >= 11 is 6.24. The van der Waals surface area contributed by atoms with E-state index in [0.717, 1.165) is 21.0 Å². The van der Waals surface area contributed by atoms with Crippen LogP contribution in [0.5, 0.6) is 5.75 Å². The molecule has 3 aromatic carbocycles. The molecule has 0 saturated carbocycles. The molecule has 38 heavy (non-hydrogen) atoms. The van der Waals surface area contributed by atoms with Crippen LogP contribution in [0.2, 0.25) is 5.02 Å². The molecule has 3 aromatic rings. The molecule has 0 aliphatic rings. The van der Waals surface area contributed by atoms with E-state index in [9.17, 15) is 18.0 Å². The fourth-order valence-electron chi connectivity index (χ4n) is 4.01. The molecule has 0 spiro atoms. The van der Waals surface area contributed by atoms with Crippen molar-refractivity contribution in [2.75, 3.05) is 25.0 Å². The number of likely N-dealkylation sites (N-methyl/N-ethyl adjacent to an activating group) is 1. The number of aryl methyl sites for hydroxylation is 2. The number of hydrogen-bond acceptors (Lipinski definition) is 5. The molecule has 0 saturated heterocycles.